The molecule has 0 radical (unpaired) electrons. The van der Waals surface area contributed by atoms with Crippen LogP contribution < -0.4 is 5.32 Å². The molecule has 3 amide bonds. The van der Waals surface area contributed by atoms with Gasteiger partial charge in [-0.25, -0.2) is 0 Å². The molecular weight excluding hydrogens is 394 g/mol. The first-order chi connectivity index (χ1) is 14.3. The third kappa shape index (κ3) is 4.53. The number of benzene rings is 1. The van der Waals surface area contributed by atoms with Crippen molar-refractivity contribution in [2.75, 3.05) is 11.9 Å². The van der Waals surface area contributed by atoms with Gasteiger partial charge in [0.1, 0.15) is 0 Å². The normalized spacial score (nSPS) is 21.2. The predicted molar refractivity (Wildman–Crippen MR) is 104 cm³/mol. The van der Waals surface area contributed by atoms with Crippen molar-refractivity contribution in [3.05, 3.63) is 46.5 Å². The van der Waals surface area contributed by atoms with Gasteiger partial charge in [0.05, 0.1) is 23.2 Å². The van der Waals surface area contributed by atoms with E-state index in [2.05, 4.69) is 5.32 Å². The minimum Gasteiger partial charge on any atom is -0.452 e. The average molecular weight is 415 g/mol. The summed E-state index contributed by atoms with van der Waals surface area (Å²) in [5.74, 6) is -2.67. The van der Waals surface area contributed by atoms with Crippen LogP contribution in [0.2, 0.25) is 0 Å². The maximum Gasteiger partial charge on any atom is 0.308 e. The van der Waals surface area contributed by atoms with Gasteiger partial charge in [-0.1, -0.05) is 18.2 Å². The fraction of sp³-hybridized carbons (Fsp3) is 0.400. The SMILES string of the molecule is C[C@H](OC(=O)CCN1C(=O)[C@@H]2CC=CC[C@H]2C1=O)C(=O)Nc1cccc([N+](=O)[O-])c1. The summed E-state index contributed by atoms with van der Waals surface area (Å²) >= 11 is 0. The van der Waals surface area contributed by atoms with Gasteiger partial charge in [-0.3, -0.25) is 34.2 Å². The van der Waals surface area contributed by atoms with Gasteiger partial charge in [0.2, 0.25) is 11.8 Å². The minimum absolute atomic E-state index is 0.0945. The van der Waals surface area contributed by atoms with Crippen molar-refractivity contribution in [3.63, 3.8) is 0 Å². The van der Waals surface area contributed by atoms with Crippen LogP contribution in [0.3, 0.4) is 0 Å². The lowest BCUT2D eigenvalue weighted by Gasteiger charge is -2.16. The summed E-state index contributed by atoms with van der Waals surface area (Å²) in [6.07, 6.45) is 3.42. The standard InChI is InChI=1S/C20H21N3O7/c1-12(18(25)21-13-5-4-6-14(11-13)23(28)29)30-17(24)9-10-22-19(26)15-7-2-3-8-16(15)20(22)27/h2-6,11-12,15-16H,7-10H2,1H3,(H,21,25)/t12-,15+,16+/m0/s1. The van der Waals surface area contributed by atoms with Crippen LogP contribution >= 0.6 is 0 Å². The van der Waals surface area contributed by atoms with Gasteiger partial charge in [-0.15, -0.1) is 0 Å². The number of ether oxygens (including phenoxy) is 1. The highest BCUT2D eigenvalue weighted by Gasteiger charge is 2.47. The molecule has 1 heterocycles. The van der Waals surface area contributed by atoms with Crippen LogP contribution in [0, 0.1) is 22.0 Å². The maximum absolute atomic E-state index is 12.4. The number of hydrogen-bond acceptors (Lipinski definition) is 7. The van der Waals surface area contributed by atoms with Crippen molar-refractivity contribution in [1.82, 2.24) is 4.90 Å². The fourth-order valence-corrected chi connectivity index (χ4v) is 3.54. The Morgan fingerprint density at radius 2 is 1.87 bits per heavy atom. The van der Waals surface area contributed by atoms with Crippen LogP contribution in [-0.4, -0.2) is 46.2 Å². The molecule has 2 aliphatic rings. The Labute approximate surface area is 172 Å². The molecule has 3 rings (SSSR count). The first-order valence-corrected chi connectivity index (χ1v) is 9.53. The van der Waals surface area contributed by atoms with Crippen molar-refractivity contribution < 1.29 is 28.8 Å². The average Bonchev–Trinajstić information content (AvgIpc) is 2.97. The Balaban J connectivity index is 1.49. The molecule has 0 spiro atoms. The fourth-order valence-electron chi connectivity index (χ4n) is 3.54. The van der Waals surface area contributed by atoms with E-state index in [0.29, 0.717) is 12.8 Å². The van der Waals surface area contributed by atoms with Gasteiger partial charge >= 0.3 is 5.97 Å². The lowest BCUT2D eigenvalue weighted by molar-refractivity contribution is -0.384. The number of fused-ring (bicyclic) bond motifs is 1. The second kappa shape index (κ2) is 8.85. The van der Waals surface area contributed by atoms with Gasteiger partial charge in [0, 0.05) is 24.4 Å². The highest BCUT2D eigenvalue weighted by molar-refractivity contribution is 6.05. The predicted octanol–water partition coefficient (Wildman–Crippen LogP) is 1.81. The van der Waals surface area contributed by atoms with Crippen LogP contribution in [0.4, 0.5) is 11.4 Å². The van der Waals surface area contributed by atoms with E-state index in [1.807, 2.05) is 12.2 Å². The van der Waals surface area contributed by atoms with Gasteiger partial charge < -0.3 is 10.1 Å². The Kier molecular flexibility index (Phi) is 6.24. The molecule has 1 aromatic rings. The van der Waals surface area contributed by atoms with Gasteiger partial charge in [-0.2, -0.15) is 0 Å². The van der Waals surface area contributed by atoms with Crippen molar-refractivity contribution in [3.8, 4) is 0 Å². The van der Waals surface area contributed by atoms with E-state index < -0.39 is 22.9 Å². The van der Waals surface area contributed by atoms with Crippen LogP contribution in [0.1, 0.15) is 26.2 Å². The molecule has 3 atom stereocenters. The summed E-state index contributed by atoms with van der Waals surface area (Å²) in [6.45, 7) is 1.26. The molecule has 30 heavy (non-hydrogen) atoms. The second-order valence-corrected chi connectivity index (χ2v) is 7.16. The second-order valence-electron chi connectivity index (χ2n) is 7.16. The molecule has 1 aliphatic carbocycles. The molecule has 1 aromatic carbocycles. The molecule has 0 unspecified atom stereocenters. The highest BCUT2D eigenvalue weighted by Crippen LogP contribution is 2.35. The number of allylic oxidation sites excluding steroid dienone is 2. The van der Waals surface area contributed by atoms with E-state index in [4.69, 9.17) is 4.74 Å². The number of carbonyl (C=O) groups is 4. The topological polar surface area (TPSA) is 136 Å². The molecule has 1 saturated heterocycles. The van der Waals surface area contributed by atoms with Gasteiger partial charge in [0.25, 0.3) is 11.6 Å². The quantitative estimate of drug-likeness (QED) is 0.236. The van der Waals surface area contributed by atoms with Crippen molar-refractivity contribution in [2.24, 2.45) is 11.8 Å². The zero-order valence-electron chi connectivity index (χ0n) is 16.3. The number of nitrogens with one attached hydrogen (secondary N) is 1. The summed E-state index contributed by atoms with van der Waals surface area (Å²) in [4.78, 5) is 60.3. The van der Waals surface area contributed by atoms with Crippen LogP contribution in [0.15, 0.2) is 36.4 Å². The number of non-ortho nitro benzene ring substituents is 1. The number of nitro benzene ring substituents is 1. The van der Waals surface area contributed by atoms with Crippen molar-refractivity contribution in [1.29, 1.82) is 0 Å². The number of hydrogen-bond donors (Lipinski definition) is 1. The summed E-state index contributed by atoms with van der Waals surface area (Å²) in [7, 11) is 0. The van der Waals surface area contributed by atoms with E-state index in [1.165, 1.54) is 31.2 Å². The molecule has 10 heteroatoms. The molecule has 0 saturated carbocycles. The number of esters is 1. The molecule has 158 valence electrons. The van der Waals surface area contributed by atoms with E-state index in [1.54, 1.807) is 0 Å². The van der Waals surface area contributed by atoms with E-state index >= 15 is 0 Å². The maximum atomic E-state index is 12.4. The van der Waals surface area contributed by atoms with Crippen LogP contribution in [0.25, 0.3) is 0 Å². The first kappa shape index (κ1) is 21.2. The number of rotatable bonds is 7. The number of amides is 3. The number of nitrogens with zero attached hydrogens (tertiary/aromatic N) is 2. The Hall–Kier alpha value is -3.56. The largest absolute Gasteiger partial charge is 0.452 e. The zero-order chi connectivity index (χ0) is 21.8. The summed E-state index contributed by atoms with van der Waals surface area (Å²) < 4.78 is 5.06. The zero-order valence-corrected chi connectivity index (χ0v) is 16.3. The monoisotopic (exact) mass is 415 g/mol. The number of imide groups is 1. The Morgan fingerprint density at radius 3 is 2.47 bits per heavy atom. The number of nitro groups is 1. The summed E-state index contributed by atoms with van der Waals surface area (Å²) in [6, 6.07) is 5.36. The van der Waals surface area contributed by atoms with E-state index in [-0.39, 0.29) is 48.0 Å². The third-order valence-corrected chi connectivity index (χ3v) is 5.14. The van der Waals surface area contributed by atoms with Crippen molar-refractivity contribution in [2.45, 2.75) is 32.3 Å². The summed E-state index contributed by atoms with van der Waals surface area (Å²) in [5.41, 5.74) is 0.00901. The third-order valence-electron chi connectivity index (χ3n) is 5.14. The molecule has 1 aliphatic heterocycles. The number of carbonyl (C=O) groups excluding carboxylic acids is 4. The molecule has 1 fully saturated rings. The highest BCUT2D eigenvalue weighted by atomic mass is 16.6. The molecular formula is C20H21N3O7. The van der Waals surface area contributed by atoms with Crippen molar-refractivity contribution >= 4 is 35.1 Å². The van der Waals surface area contributed by atoms with Gasteiger partial charge in [0.15, 0.2) is 6.10 Å². The molecule has 0 aromatic heterocycles. The molecule has 10 nitrogen and oxygen atoms in total. The van der Waals surface area contributed by atoms with E-state index in [9.17, 15) is 29.3 Å². The lowest BCUT2D eigenvalue weighted by Crippen LogP contribution is -2.35. The molecule has 1 N–H and O–H groups in total. The number of anilines is 1. The molecule has 0 bridgehead atoms. The first-order valence-electron chi connectivity index (χ1n) is 9.53. The Morgan fingerprint density at radius 1 is 1.23 bits per heavy atom. The van der Waals surface area contributed by atoms with E-state index in [0.717, 1.165) is 4.90 Å². The number of likely N-dealkylation sites (tertiary alicyclic amines) is 1. The van der Waals surface area contributed by atoms with Crippen LogP contribution in [0.5, 0.6) is 0 Å². The summed E-state index contributed by atoms with van der Waals surface area (Å²) in [5, 5.41) is 13.2. The Bertz CT molecular complexity index is 901. The smallest absolute Gasteiger partial charge is 0.308 e. The van der Waals surface area contributed by atoms with Gasteiger partial charge in [-0.05, 0) is 25.8 Å². The van der Waals surface area contributed by atoms with Crippen LogP contribution in [-0.2, 0) is 23.9 Å². The lowest BCUT2D eigenvalue weighted by atomic mass is 9.85. The minimum atomic E-state index is -1.16.